The monoisotopic (exact) mass is 494 g/mol. The van der Waals surface area contributed by atoms with Gasteiger partial charge in [0.05, 0.1) is 19.8 Å². The fourth-order valence-corrected chi connectivity index (χ4v) is 4.29. The standard InChI is InChI=1S/C22H27IN2O3/c1-15-5-4-10-25(13-15)14-16-6-8-17(9-7-16)24-22(26)18-11-20(27-2)21(28-3)12-19(18)23/h6-9,11-12,15H,4-5,10,13-14H2,1-3H3,(H,24,26). The van der Waals surface area contributed by atoms with Gasteiger partial charge >= 0.3 is 0 Å². The summed E-state index contributed by atoms with van der Waals surface area (Å²) in [6.07, 6.45) is 2.61. The summed E-state index contributed by atoms with van der Waals surface area (Å²) in [5.74, 6) is 1.76. The maximum Gasteiger partial charge on any atom is 0.256 e. The van der Waals surface area contributed by atoms with Gasteiger partial charge in [0.2, 0.25) is 0 Å². The lowest BCUT2D eigenvalue weighted by Gasteiger charge is -2.30. The average molecular weight is 494 g/mol. The summed E-state index contributed by atoms with van der Waals surface area (Å²) in [6, 6.07) is 11.6. The molecule has 0 bridgehead atoms. The molecule has 0 radical (unpaired) electrons. The van der Waals surface area contributed by atoms with Crippen LogP contribution in [-0.2, 0) is 6.54 Å². The summed E-state index contributed by atoms with van der Waals surface area (Å²) in [7, 11) is 3.15. The number of halogens is 1. The summed E-state index contributed by atoms with van der Waals surface area (Å²) in [5.41, 5.74) is 2.61. The Morgan fingerprint density at radius 3 is 2.50 bits per heavy atom. The van der Waals surface area contributed by atoms with Crippen molar-refractivity contribution in [3.8, 4) is 11.5 Å². The molecule has 28 heavy (non-hydrogen) atoms. The van der Waals surface area contributed by atoms with E-state index < -0.39 is 0 Å². The molecule has 0 aliphatic carbocycles. The third-order valence-corrected chi connectivity index (χ3v) is 5.97. The maximum absolute atomic E-state index is 12.7. The van der Waals surface area contributed by atoms with Crippen LogP contribution in [0.5, 0.6) is 11.5 Å². The molecular weight excluding hydrogens is 467 g/mol. The van der Waals surface area contributed by atoms with Crippen LogP contribution in [0, 0.1) is 9.49 Å². The molecule has 1 amide bonds. The number of carbonyl (C=O) groups is 1. The van der Waals surface area contributed by atoms with E-state index in [1.807, 2.05) is 12.1 Å². The Hall–Kier alpha value is -1.80. The van der Waals surface area contributed by atoms with Crippen LogP contribution >= 0.6 is 22.6 Å². The zero-order chi connectivity index (χ0) is 20.1. The second kappa shape index (κ2) is 9.60. The molecule has 5 nitrogen and oxygen atoms in total. The van der Waals surface area contributed by atoms with Crippen LogP contribution in [0.3, 0.4) is 0 Å². The van der Waals surface area contributed by atoms with Gasteiger partial charge in [-0.3, -0.25) is 9.69 Å². The molecule has 1 N–H and O–H groups in total. The van der Waals surface area contributed by atoms with E-state index >= 15 is 0 Å². The van der Waals surface area contributed by atoms with Gasteiger partial charge in [-0.15, -0.1) is 0 Å². The van der Waals surface area contributed by atoms with Crippen LogP contribution in [-0.4, -0.2) is 38.1 Å². The smallest absolute Gasteiger partial charge is 0.256 e. The first kappa shape index (κ1) is 20.9. The minimum atomic E-state index is -0.164. The van der Waals surface area contributed by atoms with Gasteiger partial charge in [0.15, 0.2) is 11.5 Å². The summed E-state index contributed by atoms with van der Waals surface area (Å²) >= 11 is 2.14. The summed E-state index contributed by atoms with van der Waals surface area (Å²) in [5, 5.41) is 2.97. The number of ether oxygens (including phenoxy) is 2. The van der Waals surface area contributed by atoms with Crippen LogP contribution in [0.15, 0.2) is 36.4 Å². The molecular formula is C22H27IN2O3. The van der Waals surface area contributed by atoms with E-state index in [9.17, 15) is 4.79 Å². The number of hydrogen-bond acceptors (Lipinski definition) is 4. The van der Waals surface area contributed by atoms with Crippen molar-refractivity contribution < 1.29 is 14.3 Å². The van der Waals surface area contributed by atoms with Crippen LogP contribution in [0.1, 0.15) is 35.7 Å². The van der Waals surface area contributed by atoms with Gasteiger partial charge in [-0.25, -0.2) is 0 Å². The molecule has 6 heteroatoms. The number of methoxy groups -OCH3 is 2. The predicted molar refractivity (Wildman–Crippen MR) is 120 cm³/mol. The van der Waals surface area contributed by atoms with Gasteiger partial charge in [-0.05, 0) is 77.7 Å². The molecule has 1 unspecified atom stereocenters. The van der Waals surface area contributed by atoms with E-state index in [1.54, 1.807) is 26.4 Å². The molecule has 2 aromatic rings. The first-order chi connectivity index (χ1) is 13.5. The molecule has 2 aromatic carbocycles. The highest BCUT2D eigenvalue weighted by atomic mass is 127. The van der Waals surface area contributed by atoms with Crippen LogP contribution < -0.4 is 14.8 Å². The van der Waals surface area contributed by atoms with Gasteiger partial charge in [0.1, 0.15) is 0 Å². The number of hydrogen-bond donors (Lipinski definition) is 1. The van der Waals surface area contributed by atoms with E-state index in [-0.39, 0.29) is 5.91 Å². The van der Waals surface area contributed by atoms with Crippen LogP contribution in [0.25, 0.3) is 0 Å². The van der Waals surface area contributed by atoms with Crippen molar-refractivity contribution >= 4 is 34.2 Å². The van der Waals surface area contributed by atoms with Crippen molar-refractivity contribution in [3.63, 3.8) is 0 Å². The second-order valence-electron chi connectivity index (χ2n) is 7.32. The number of benzene rings is 2. The molecule has 150 valence electrons. The molecule has 3 rings (SSSR count). The molecule has 1 atom stereocenters. The largest absolute Gasteiger partial charge is 0.493 e. The zero-order valence-corrected chi connectivity index (χ0v) is 18.8. The van der Waals surface area contributed by atoms with Gasteiger partial charge in [0, 0.05) is 22.3 Å². The number of piperidine rings is 1. The summed E-state index contributed by atoms with van der Waals surface area (Å²) in [6.45, 7) is 5.61. The number of anilines is 1. The van der Waals surface area contributed by atoms with Crippen LogP contribution in [0.4, 0.5) is 5.69 Å². The molecule has 1 heterocycles. The van der Waals surface area contributed by atoms with Crippen molar-refractivity contribution in [1.29, 1.82) is 0 Å². The Balaban J connectivity index is 1.66. The van der Waals surface area contributed by atoms with Crippen molar-refractivity contribution in [2.45, 2.75) is 26.3 Å². The molecule has 0 aromatic heterocycles. The minimum Gasteiger partial charge on any atom is -0.493 e. The third kappa shape index (κ3) is 5.17. The van der Waals surface area contributed by atoms with Gasteiger partial charge < -0.3 is 14.8 Å². The normalized spacial score (nSPS) is 17.2. The highest BCUT2D eigenvalue weighted by Crippen LogP contribution is 2.31. The third-order valence-electron chi connectivity index (χ3n) is 5.08. The SMILES string of the molecule is COc1cc(I)c(C(=O)Nc2ccc(CN3CCCC(C)C3)cc2)cc1OC. The van der Waals surface area contributed by atoms with E-state index in [1.165, 1.54) is 24.9 Å². The Morgan fingerprint density at radius 2 is 1.86 bits per heavy atom. The Morgan fingerprint density at radius 1 is 1.18 bits per heavy atom. The predicted octanol–water partition coefficient (Wildman–Crippen LogP) is 4.79. The van der Waals surface area contributed by atoms with Crippen LogP contribution in [0.2, 0.25) is 0 Å². The van der Waals surface area contributed by atoms with Crippen molar-refractivity contribution in [2.24, 2.45) is 5.92 Å². The lowest BCUT2D eigenvalue weighted by Crippen LogP contribution is -2.33. The number of nitrogens with one attached hydrogen (secondary N) is 1. The average Bonchev–Trinajstić information content (AvgIpc) is 2.69. The van der Waals surface area contributed by atoms with E-state index in [0.29, 0.717) is 17.1 Å². The fraction of sp³-hybridized carbons (Fsp3) is 0.409. The number of likely N-dealkylation sites (tertiary alicyclic amines) is 1. The number of amides is 1. The summed E-state index contributed by atoms with van der Waals surface area (Å²) < 4.78 is 11.4. The first-order valence-electron chi connectivity index (χ1n) is 9.54. The molecule has 1 aliphatic rings. The lowest BCUT2D eigenvalue weighted by molar-refractivity contribution is 0.102. The van der Waals surface area contributed by atoms with Crippen molar-refractivity contribution in [3.05, 3.63) is 51.1 Å². The molecule has 1 fully saturated rings. The van der Waals surface area contributed by atoms with Gasteiger partial charge in [-0.2, -0.15) is 0 Å². The molecule has 0 spiro atoms. The molecule has 0 saturated carbocycles. The highest BCUT2D eigenvalue weighted by molar-refractivity contribution is 14.1. The highest BCUT2D eigenvalue weighted by Gasteiger charge is 2.17. The van der Waals surface area contributed by atoms with E-state index in [4.69, 9.17) is 9.47 Å². The summed E-state index contributed by atoms with van der Waals surface area (Å²) in [4.78, 5) is 15.2. The topological polar surface area (TPSA) is 50.8 Å². The zero-order valence-electron chi connectivity index (χ0n) is 16.6. The number of carbonyl (C=O) groups excluding carboxylic acids is 1. The number of nitrogens with zero attached hydrogens (tertiary/aromatic N) is 1. The minimum absolute atomic E-state index is 0.164. The van der Waals surface area contributed by atoms with Crippen molar-refractivity contribution in [1.82, 2.24) is 4.90 Å². The van der Waals surface area contributed by atoms with E-state index in [0.717, 1.165) is 28.3 Å². The van der Waals surface area contributed by atoms with Gasteiger partial charge in [0.25, 0.3) is 5.91 Å². The second-order valence-corrected chi connectivity index (χ2v) is 8.48. The van der Waals surface area contributed by atoms with Gasteiger partial charge in [-0.1, -0.05) is 19.1 Å². The Bertz CT molecular complexity index is 823. The molecule has 1 aliphatic heterocycles. The van der Waals surface area contributed by atoms with E-state index in [2.05, 4.69) is 51.9 Å². The number of rotatable bonds is 6. The maximum atomic E-state index is 12.7. The molecule has 1 saturated heterocycles. The Labute approximate surface area is 180 Å². The lowest BCUT2D eigenvalue weighted by atomic mass is 10.00. The Kier molecular flexibility index (Phi) is 7.18. The fourth-order valence-electron chi connectivity index (χ4n) is 3.61. The quantitative estimate of drug-likeness (QED) is 0.587. The first-order valence-corrected chi connectivity index (χ1v) is 10.6. The van der Waals surface area contributed by atoms with Crippen molar-refractivity contribution in [2.75, 3.05) is 32.6 Å².